The van der Waals surface area contributed by atoms with Gasteiger partial charge in [-0.3, -0.25) is 5.10 Å². The van der Waals surface area contributed by atoms with E-state index in [2.05, 4.69) is 60.3 Å². The molecule has 0 amide bonds. The van der Waals surface area contributed by atoms with Crippen molar-refractivity contribution in [3.8, 4) is 0 Å². The van der Waals surface area contributed by atoms with Crippen molar-refractivity contribution >= 4 is 0 Å². The molecular weight excluding hydrogens is 236 g/mol. The van der Waals surface area contributed by atoms with Gasteiger partial charge in [-0.25, -0.2) is 4.98 Å². The van der Waals surface area contributed by atoms with Gasteiger partial charge >= 0.3 is 0 Å². The Hall–Kier alpha value is -1.68. The van der Waals surface area contributed by atoms with E-state index in [9.17, 15) is 0 Å². The Morgan fingerprint density at radius 3 is 2.53 bits per heavy atom. The lowest BCUT2D eigenvalue weighted by molar-refractivity contribution is 0.571. The van der Waals surface area contributed by atoms with Crippen LogP contribution in [0.25, 0.3) is 0 Å². The van der Waals surface area contributed by atoms with Crippen molar-refractivity contribution in [3.63, 3.8) is 0 Å². The molecule has 2 rings (SSSR count). The molecule has 4 heteroatoms. The molecule has 0 bridgehead atoms. The van der Waals surface area contributed by atoms with Gasteiger partial charge < -0.3 is 5.32 Å². The number of rotatable bonds is 5. The van der Waals surface area contributed by atoms with Crippen LogP contribution in [0.3, 0.4) is 0 Å². The van der Waals surface area contributed by atoms with E-state index >= 15 is 0 Å². The summed E-state index contributed by atoms with van der Waals surface area (Å²) in [4.78, 5) is 4.31. The molecule has 0 aliphatic carbocycles. The zero-order valence-electron chi connectivity index (χ0n) is 12.1. The topological polar surface area (TPSA) is 53.6 Å². The molecule has 1 aromatic carbocycles. The van der Waals surface area contributed by atoms with Crippen molar-refractivity contribution in [2.45, 2.75) is 40.2 Å². The summed E-state index contributed by atoms with van der Waals surface area (Å²) >= 11 is 0. The van der Waals surface area contributed by atoms with Crippen molar-refractivity contribution in [1.29, 1.82) is 0 Å². The van der Waals surface area contributed by atoms with Gasteiger partial charge in [0.1, 0.15) is 12.2 Å². The third kappa shape index (κ3) is 3.01. The highest BCUT2D eigenvalue weighted by molar-refractivity contribution is 5.40. The lowest BCUT2D eigenvalue weighted by atomic mass is 9.95. The molecule has 0 aliphatic heterocycles. The van der Waals surface area contributed by atoms with Gasteiger partial charge in [-0.05, 0) is 56.0 Å². The predicted octanol–water partition coefficient (Wildman–Crippen LogP) is 2.82. The molecule has 0 saturated carbocycles. The first kappa shape index (κ1) is 13.7. The fraction of sp³-hybridized carbons (Fsp3) is 0.467. The number of benzene rings is 1. The van der Waals surface area contributed by atoms with E-state index in [0.717, 1.165) is 18.8 Å². The second-order valence-electron chi connectivity index (χ2n) is 5.05. The normalized spacial score (nSPS) is 12.6. The highest BCUT2D eigenvalue weighted by atomic mass is 15.2. The van der Waals surface area contributed by atoms with E-state index in [0.29, 0.717) is 0 Å². The van der Waals surface area contributed by atoms with Gasteiger partial charge in [-0.1, -0.05) is 19.1 Å². The summed E-state index contributed by atoms with van der Waals surface area (Å²) in [6.07, 6.45) is 2.65. The van der Waals surface area contributed by atoms with E-state index in [4.69, 9.17) is 0 Å². The maximum absolute atomic E-state index is 4.31. The number of aromatic nitrogens is 3. The smallest absolute Gasteiger partial charge is 0.145 e. The maximum Gasteiger partial charge on any atom is 0.145 e. The van der Waals surface area contributed by atoms with Gasteiger partial charge in [0.25, 0.3) is 0 Å². The zero-order valence-corrected chi connectivity index (χ0v) is 12.1. The van der Waals surface area contributed by atoms with Crippen LogP contribution in [-0.2, 0) is 0 Å². The molecule has 4 nitrogen and oxygen atoms in total. The number of H-pyrrole nitrogens is 1. The van der Waals surface area contributed by atoms with E-state index in [1.165, 1.54) is 22.3 Å². The van der Waals surface area contributed by atoms with Crippen molar-refractivity contribution in [2.24, 2.45) is 0 Å². The van der Waals surface area contributed by atoms with Crippen molar-refractivity contribution < 1.29 is 0 Å². The Morgan fingerprint density at radius 2 is 1.89 bits per heavy atom. The minimum absolute atomic E-state index is 0.0850. The lowest BCUT2D eigenvalue weighted by Crippen LogP contribution is -2.25. The third-order valence-corrected chi connectivity index (χ3v) is 3.50. The minimum atomic E-state index is 0.0850. The summed E-state index contributed by atoms with van der Waals surface area (Å²) in [7, 11) is 0. The Bertz CT molecular complexity index is 531. The first-order valence-corrected chi connectivity index (χ1v) is 6.79. The van der Waals surface area contributed by atoms with E-state index in [1.807, 2.05) is 0 Å². The molecule has 1 aromatic heterocycles. The van der Waals surface area contributed by atoms with Gasteiger partial charge in [-0.2, -0.15) is 5.10 Å². The summed E-state index contributed by atoms with van der Waals surface area (Å²) < 4.78 is 0. The summed E-state index contributed by atoms with van der Waals surface area (Å²) in [5, 5.41) is 10.5. The quantitative estimate of drug-likeness (QED) is 0.867. The molecule has 102 valence electrons. The molecule has 0 fully saturated rings. The minimum Gasteiger partial charge on any atom is -0.304 e. The molecule has 2 aromatic rings. The Labute approximate surface area is 114 Å². The molecule has 1 atom stereocenters. The Morgan fingerprint density at radius 1 is 1.16 bits per heavy atom. The number of aromatic amines is 1. The highest BCUT2D eigenvalue weighted by Crippen LogP contribution is 2.25. The molecule has 19 heavy (non-hydrogen) atoms. The van der Waals surface area contributed by atoms with Crippen LogP contribution in [0.15, 0.2) is 18.5 Å². The molecule has 0 spiro atoms. The SMILES string of the molecule is CCCNC(c1ncn[nH]1)c1cc(C)c(C)cc1C. The van der Waals surface area contributed by atoms with Crippen LogP contribution in [0.5, 0.6) is 0 Å². The summed E-state index contributed by atoms with van der Waals surface area (Å²) in [5.41, 5.74) is 5.19. The molecule has 1 unspecified atom stereocenters. The first-order valence-electron chi connectivity index (χ1n) is 6.79. The molecule has 0 aliphatic rings. The van der Waals surface area contributed by atoms with Crippen LogP contribution in [0, 0.1) is 20.8 Å². The summed E-state index contributed by atoms with van der Waals surface area (Å²) in [6.45, 7) is 9.57. The largest absolute Gasteiger partial charge is 0.304 e. The Kier molecular flexibility index (Phi) is 4.32. The average Bonchev–Trinajstić information content (AvgIpc) is 2.89. The molecule has 1 heterocycles. The van der Waals surface area contributed by atoms with Crippen LogP contribution in [0.1, 0.15) is 47.5 Å². The first-order chi connectivity index (χ1) is 9.13. The summed E-state index contributed by atoms with van der Waals surface area (Å²) in [6, 6.07) is 4.57. The number of aryl methyl sites for hydroxylation is 3. The number of hydrogen-bond acceptors (Lipinski definition) is 3. The van der Waals surface area contributed by atoms with Crippen molar-refractivity contribution in [3.05, 3.63) is 46.5 Å². The van der Waals surface area contributed by atoms with Crippen molar-refractivity contribution in [1.82, 2.24) is 20.5 Å². The second kappa shape index (κ2) is 5.97. The number of hydrogen-bond donors (Lipinski definition) is 2. The lowest BCUT2D eigenvalue weighted by Gasteiger charge is -2.20. The molecular formula is C15H22N4. The number of nitrogens with zero attached hydrogens (tertiary/aromatic N) is 2. The third-order valence-electron chi connectivity index (χ3n) is 3.50. The van der Waals surface area contributed by atoms with Crippen LogP contribution in [0.4, 0.5) is 0 Å². The van der Waals surface area contributed by atoms with Gasteiger partial charge in [0, 0.05) is 0 Å². The monoisotopic (exact) mass is 258 g/mol. The van der Waals surface area contributed by atoms with Crippen LogP contribution in [-0.4, -0.2) is 21.7 Å². The molecule has 0 radical (unpaired) electrons. The van der Waals surface area contributed by atoms with Gasteiger partial charge in [-0.15, -0.1) is 0 Å². The van der Waals surface area contributed by atoms with E-state index in [1.54, 1.807) is 6.33 Å². The fourth-order valence-electron chi connectivity index (χ4n) is 2.29. The highest BCUT2D eigenvalue weighted by Gasteiger charge is 2.18. The summed E-state index contributed by atoms with van der Waals surface area (Å²) in [5.74, 6) is 0.875. The van der Waals surface area contributed by atoms with Crippen LogP contribution >= 0.6 is 0 Å². The maximum atomic E-state index is 4.31. The standard InChI is InChI=1S/C15H22N4/c1-5-6-16-14(15-17-9-18-19-15)13-8-11(3)10(2)7-12(13)4/h7-9,14,16H,5-6H2,1-4H3,(H,17,18,19). The fourth-order valence-corrected chi connectivity index (χ4v) is 2.29. The average molecular weight is 258 g/mol. The second-order valence-corrected chi connectivity index (χ2v) is 5.05. The predicted molar refractivity (Wildman–Crippen MR) is 77.2 cm³/mol. The molecule has 0 saturated heterocycles. The number of nitrogens with one attached hydrogen (secondary N) is 2. The van der Waals surface area contributed by atoms with Crippen LogP contribution in [0.2, 0.25) is 0 Å². The van der Waals surface area contributed by atoms with E-state index in [-0.39, 0.29) is 6.04 Å². The van der Waals surface area contributed by atoms with Crippen LogP contribution < -0.4 is 5.32 Å². The van der Waals surface area contributed by atoms with Crippen molar-refractivity contribution in [2.75, 3.05) is 6.54 Å². The van der Waals surface area contributed by atoms with Gasteiger partial charge in [0.05, 0.1) is 6.04 Å². The zero-order chi connectivity index (χ0) is 13.8. The Balaban J connectivity index is 2.40. The van der Waals surface area contributed by atoms with E-state index < -0.39 is 0 Å². The molecule has 2 N–H and O–H groups in total. The van der Waals surface area contributed by atoms with Gasteiger partial charge in [0.15, 0.2) is 0 Å². The van der Waals surface area contributed by atoms with Gasteiger partial charge in [0.2, 0.25) is 0 Å².